The molecule has 0 amide bonds. The zero-order chi connectivity index (χ0) is 65.5. The lowest BCUT2D eigenvalue weighted by Gasteiger charge is -2.53. The molecule has 1 aromatic heterocycles. The molecule has 0 aromatic carbocycles. The number of pyridine rings is 1. The number of aryl methyl sites for hydroxylation is 1. The summed E-state index contributed by atoms with van der Waals surface area (Å²) < 4.78 is 142. The Bertz CT molecular complexity index is 2230. The molecule has 0 spiro atoms. The first-order chi connectivity index (χ1) is 44.3. The van der Waals surface area contributed by atoms with Gasteiger partial charge in [0, 0.05) is 127 Å². The number of aliphatic hydroxyl groups excluding tert-OH is 7. The summed E-state index contributed by atoms with van der Waals surface area (Å²) in [5.41, 5.74) is 1.86. The molecule has 31 heteroatoms. The van der Waals surface area contributed by atoms with Gasteiger partial charge in [-0.1, -0.05) is 13.0 Å². The fourth-order valence-corrected chi connectivity index (χ4v) is 15.2. The van der Waals surface area contributed by atoms with E-state index < -0.39 is 216 Å². The molecule has 30 atom stereocenters. The fraction of sp³-hybridized carbons (Fsp3) is 0.917. The maximum atomic E-state index is 12.9. The first-order valence-electron chi connectivity index (χ1n) is 31.2. The van der Waals surface area contributed by atoms with Crippen LogP contribution >= 0.6 is 11.8 Å². The van der Waals surface area contributed by atoms with Crippen molar-refractivity contribution in [3.8, 4) is 0 Å². The van der Waals surface area contributed by atoms with Gasteiger partial charge in [-0.3, -0.25) is 4.98 Å². The Hall–Kier alpha value is -1.66. The number of hydrogen-bond acceptors (Lipinski definition) is 31. The summed E-state index contributed by atoms with van der Waals surface area (Å²) in [6, 6.07) is 2.03. The van der Waals surface area contributed by atoms with Crippen LogP contribution in [-0.2, 0) is 116 Å². The molecule has 526 valence electrons. The van der Waals surface area contributed by atoms with Crippen LogP contribution < -0.4 is 0 Å². The van der Waals surface area contributed by atoms with Crippen molar-refractivity contribution in [2.45, 2.75) is 191 Å². The Labute approximate surface area is 536 Å². The summed E-state index contributed by atoms with van der Waals surface area (Å²) in [7, 11) is 14.5. The molecule has 91 heavy (non-hydrogen) atoms. The highest BCUT2D eigenvalue weighted by molar-refractivity contribution is 7.99. The number of rotatable bonds is 26. The molecule has 12 bridgehead atoms. The van der Waals surface area contributed by atoms with E-state index in [2.05, 4.69) is 4.98 Å². The van der Waals surface area contributed by atoms with Gasteiger partial charge in [0.2, 0.25) is 0 Å². The summed E-state index contributed by atoms with van der Waals surface area (Å²) in [6.07, 6.45) is -24.4. The molecule has 23 heterocycles. The van der Waals surface area contributed by atoms with E-state index in [1.54, 1.807) is 12.4 Å². The van der Waals surface area contributed by atoms with Crippen molar-refractivity contribution in [1.29, 1.82) is 0 Å². The van der Waals surface area contributed by atoms with Crippen molar-refractivity contribution in [2.24, 2.45) is 23.7 Å². The van der Waals surface area contributed by atoms with Gasteiger partial charge in [0.15, 0.2) is 37.7 Å². The average molecular weight is 1330 g/mol. The Kier molecular flexibility index (Phi) is 30.4. The van der Waals surface area contributed by atoms with Crippen molar-refractivity contribution in [2.75, 3.05) is 137 Å². The van der Waals surface area contributed by atoms with Crippen molar-refractivity contribution < 1.29 is 140 Å². The lowest BCUT2D eigenvalue weighted by molar-refractivity contribution is -0.398. The minimum absolute atomic E-state index is 0.0215. The minimum atomic E-state index is -1.50. The van der Waals surface area contributed by atoms with Gasteiger partial charge >= 0.3 is 0 Å². The normalized spacial score (nSPS) is 43.4. The third-order valence-corrected chi connectivity index (χ3v) is 19.9. The fourth-order valence-electron chi connectivity index (χ4n) is 13.9. The summed E-state index contributed by atoms with van der Waals surface area (Å²) in [4.78, 5) is 4.48. The first-order valence-corrected chi connectivity index (χ1v) is 32.2. The van der Waals surface area contributed by atoms with E-state index >= 15 is 0 Å². The lowest BCUT2D eigenvalue weighted by atomic mass is 9.82. The second-order valence-electron chi connectivity index (χ2n) is 23.6. The van der Waals surface area contributed by atoms with Gasteiger partial charge in [0.25, 0.3) is 0 Å². The predicted octanol–water partition coefficient (Wildman–Crippen LogP) is -1.84. The van der Waals surface area contributed by atoms with Gasteiger partial charge in [-0.25, -0.2) is 0 Å². The molecule has 23 rings (SSSR count). The Morgan fingerprint density at radius 3 is 1.23 bits per heavy atom. The molecule has 22 aliphatic rings. The van der Waals surface area contributed by atoms with E-state index in [0.717, 1.165) is 17.5 Å². The van der Waals surface area contributed by atoms with Crippen LogP contribution in [0.3, 0.4) is 0 Å². The first kappa shape index (κ1) is 75.1. The maximum Gasteiger partial charge on any atom is 0.187 e. The molecular weight excluding hydrogens is 1230 g/mol. The number of hydrogen-bond donors (Lipinski definition) is 7. The molecule has 22 aliphatic heterocycles. The molecule has 7 N–H and O–H groups in total. The van der Waals surface area contributed by atoms with E-state index in [4.69, 9.17) is 104 Å². The largest absolute Gasteiger partial charge is 0.396 e. The van der Waals surface area contributed by atoms with Crippen LogP contribution in [-0.4, -0.2) is 337 Å². The third kappa shape index (κ3) is 16.9. The van der Waals surface area contributed by atoms with E-state index in [1.807, 2.05) is 13.0 Å². The summed E-state index contributed by atoms with van der Waals surface area (Å²) in [5, 5.41) is 79.1. The van der Waals surface area contributed by atoms with Crippen LogP contribution in [0.15, 0.2) is 18.5 Å². The number of nitrogens with zero attached hydrogens (tertiary/aromatic N) is 1. The van der Waals surface area contributed by atoms with Gasteiger partial charge in [0.1, 0.15) is 85.5 Å². The molecule has 0 radical (unpaired) electrons. The van der Waals surface area contributed by atoms with Gasteiger partial charge in [-0.2, -0.15) is 0 Å². The molecule has 12 unspecified atom stereocenters. The Morgan fingerprint density at radius 2 is 0.758 bits per heavy atom. The molecular formula is C60H101NO29S. The zero-order valence-electron chi connectivity index (χ0n) is 53.9. The van der Waals surface area contributed by atoms with E-state index in [0.29, 0.717) is 5.75 Å². The van der Waals surface area contributed by atoms with E-state index in [-0.39, 0.29) is 45.9 Å². The number of methoxy groups -OCH3 is 10. The van der Waals surface area contributed by atoms with Gasteiger partial charge in [-0.05, 0) is 30.4 Å². The maximum absolute atomic E-state index is 12.9. The van der Waals surface area contributed by atoms with Crippen molar-refractivity contribution >= 4 is 11.8 Å². The number of ether oxygens (including phenoxy) is 22. The number of aromatic nitrogens is 1. The minimum Gasteiger partial charge on any atom is -0.396 e. The van der Waals surface area contributed by atoms with E-state index in [1.165, 1.54) is 82.9 Å². The second-order valence-corrected chi connectivity index (χ2v) is 24.8. The van der Waals surface area contributed by atoms with Crippen LogP contribution in [0.5, 0.6) is 0 Å². The average Bonchev–Trinajstić information content (AvgIpc) is 0.968. The highest BCUT2D eigenvalue weighted by atomic mass is 32.2. The highest BCUT2D eigenvalue weighted by Gasteiger charge is 2.60. The highest BCUT2D eigenvalue weighted by Crippen LogP contribution is 2.45. The van der Waals surface area contributed by atoms with Gasteiger partial charge in [0.05, 0.1) is 87.9 Å². The van der Waals surface area contributed by atoms with Crippen molar-refractivity contribution in [3.63, 3.8) is 0 Å². The molecule has 0 aliphatic carbocycles. The standard InChI is InChI=1S/C60H101NO29S/c1-12-29-17-30(19-61-18-29)28-91-54-41(68)57-79-36(14-16-63)49(54)90-60-53(78-11)51(76-9)48(40(84-60)27-72-5)89-58-45(74-7)33(22-66)43(38(83-58)25-70-3)86-55-32(21-65)31(20-64)42(37(81-55)24-69-2)85-56-34(23-67)44(73-6)47(39(82-56)26-71-4)88-59-52(77-10)50(75-8)46(87-57)35(80-59)13-15-62/h17-19,31-60,62-68H,12-16,20-28H2,1-11H3/t31-,32?,33+,34?,35?,36?,37?,38?,39?,40?,41?,42+,43+,44-,45?,46-,47-,48-,49-,50+,51+,52?,53?,54-,55+,56+,57+,58+,59+,60+/m1/s1. The molecule has 30 nitrogen and oxygen atoms in total. The molecule has 1 aromatic rings. The van der Waals surface area contributed by atoms with Crippen LogP contribution in [0.4, 0.5) is 0 Å². The van der Waals surface area contributed by atoms with Gasteiger partial charge in [-0.15, -0.1) is 11.8 Å². The van der Waals surface area contributed by atoms with Crippen molar-refractivity contribution in [1.82, 2.24) is 4.98 Å². The summed E-state index contributed by atoms with van der Waals surface area (Å²) in [5.74, 6) is -3.61. The summed E-state index contributed by atoms with van der Waals surface area (Å²) >= 11 is 1.35. The SMILES string of the molecule is CCc1cncc(CS[C@@H]2C(O)[C@H]3OC(CCO)[C@H]2O[C@@H]2OC(COC)[C@@H](O[C@@H]4OC(COC)[C@@H](O[C@@H]5OC(COC)[C@@H](O[C@@H]6OC(COC)[C@@H](O[C@@H]7OC(CCO)[C@@H](O3)[C@H](OC)C7OC)[C@H](OC)C6CO)[C@H](CO)C5CO)[C@H](CO)C4OC)[C@H](OC)C2OC)c1. The Morgan fingerprint density at radius 1 is 0.385 bits per heavy atom. The summed E-state index contributed by atoms with van der Waals surface area (Å²) in [6.45, 7) is -1.50. The van der Waals surface area contributed by atoms with Crippen LogP contribution in [0, 0.1) is 23.7 Å². The number of thioether (sulfide) groups is 1. The van der Waals surface area contributed by atoms with Crippen molar-refractivity contribution in [3.05, 3.63) is 29.6 Å². The Balaban J connectivity index is 1.25. The smallest absolute Gasteiger partial charge is 0.187 e. The number of aliphatic hydroxyl groups is 7. The molecule has 22 saturated heterocycles. The van der Waals surface area contributed by atoms with Crippen LogP contribution in [0.25, 0.3) is 0 Å². The lowest BCUT2D eigenvalue weighted by Crippen LogP contribution is -2.68. The van der Waals surface area contributed by atoms with Crippen LogP contribution in [0.1, 0.15) is 30.9 Å². The van der Waals surface area contributed by atoms with Crippen LogP contribution in [0.2, 0.25) is 0 Å². The second kappa shape index (κ2) is 36.8. The quantitative estimate of drug-likeness (QED) is 0.0536. The van der Waals surface area contributed by atoms with Gasteiger partial charge < -0.3 is 140 Å². The predicted molar refractivity (Wildman–Crippen MR) is 314 cm³/mol. The zero-order valence-corrected chi connectivity index (χ0v) is 54.7. The van der Waals surface area contributed by atoms with E-state index in [9.17, 15) is 35.7 Å². The third-order valence-electron chi connectivity index (χ3n) is 18.4. The monoisotopic (exact) mass is 1330 g/mol. The topological polar surface area (TPSA) is 358 Å². The molecule has 0 saturated carbocycles. The molecule has 22 fully saturated rings.